The maximum absolute atomic E-state index is 12.7. The summed E-state index contributed by atoms with van der Waals surface area (Å²) in [5.74, 6) is 1.13. The minimum atomic E-state index is 0.142. The fourth-order valence-electron chi connectivity index (χ4n) is 6.07. The topological polar surface area (TPSA) is 50.2 Å². The van der Waals surface area contributed by atoms with E-state index in [2.05, 4.69) is 123 Å². The van der Waals surface area contributed by atoms with Crippen molar-refractivity contribution in [3.8, 4) is 11.4 Å². The maximum atomic E-state index is 12.7. The van der Waals surface area contributed by atoms with E-state index in [4.69, 9.17) is 4.98 Å². The molecule has 0 aliphatic carbocycles. The molecule has 1 heterocycles. The molecule has 1 aromatic heterocycles. The molecule has 0 aliphatic rings. The van der Waals surface area contributed by atoms with Crippen LogP contribution >= 0.6 is 0 Å². The third-order valence-corrected chi connectivity index (χ3v) is 8.33. The SMILES string of the molecule is CCCCCCNC(=O)C[N+](C)(C)CCCn1c(-c2ccc(N(C)C)cc2)nc2c3ccccc3c3ccccc3c21. The molecule has 42 heavy (non-hydrogen) atoms. The van der Waals surface area contributed by atoms with Crippen molar-refractivity contribution >= 4 is 44.2 Å². The molecule has 0 bridgehead atoms. The van der Waals surface area contributed by atoms with Crippen LogP contribution in [-0.4, -0.2) is 67.8 Å². The number of aryl methyl sites for hydroxylation is 1. The van der Waals surface area contributed by atoms with Gasteiger partial charge in [-0.25, -0.2) is 4.98 Å². The summed E-state index contributed by atoms with van der Waals surface area (Å²) >= 11 is 0. The molecule has 0 radical (unpaired) electrons. The van der Waals surface area contributed by atoms with Gasteiger partial charge in [0.2, 0.25) is 0 Å². The second-order valence-corrected chi connectivity index (χ2v) is 12.4. The standard InChI is InChI=1S/C36H45N5O/c1-6-7-8-13-23-37-33(42)26-41(4,5)25-14-24-40-35-32-18-12-10-16-30(32)29-15-9-11-17-31(29)34(35)38-36(40)27-19-21-28(22-20-27)39(2)3/h9-12,15-22H,6-8,13-14,23-26H2,1-5H3/p+1. The van der Waals surface area contributed by atoms with Gasteiger partial charge in [-0.2, -0.15) is 0 Å². The highest BCUT2D eigenvalue weighted by atomic mass is 16.2. The molecule has 4 aromatic carbocycles. The summed E-state index contributed by atoms with van der Waals surface area (Å²) < 4.78 is 3.08. The number of amides is 1. The van der Waals surface area contributed by atoms with Gasteiger partial charge in [0.25, 0.3) is 5.91 Å². The predicted molar refractivity (Wildman–Crippen MR) is 178 cm³/mol. The molecule has 0 spiro atoms. The van der Waals surface area contributed by atoms with E-state index in [-0.39, 0.29) is 5.91 Å². The van der Waals surface area contributed by atoms with Crippen LogP contribution in [0.3, 0.4) is 0 Å². The first-order valence-corrected chi connectivity index (χ1v) is 15.4. The Labute approximate surface area is 250 Å². The van der Waals surface area contributed by atoms with Crippen LogP contribution in [0.5, 0.6) is 0 Å². The summed E-state index contributed by atoms with van der Waals surface area (Å²) in [4.78, 5) is 20.2. The number of unbranched alkanes of at least 4 members (excludes halogenated alkanes) is 3. The minimum absolute atomic E-state index is 0.142. The third-order valence-electron chi connectivity index (χ3n) is 8.33. The maximum Gasteiger partial charge on any atom is 0.275 e. The van der Waals surface area contributed by atoms with Crippen LogP contribution in [0.2, 0.25) is 0 Å². The van der Waals surface area contributed by atoms with Gasteiger partial charge in [0.15, 0.2) is 6.54 Å². The number of carbonyl (C=O) groups is 1. The molecule has 220 valence electrons. The van der Waals surface area contributed by atoms with Crippen molar-refractivity contribution in [3.63, 3.8) is 0 Å². The molecular formula is C36H46N5O+. The number of hydrogen-bond donors (Lipinski definition) is 1. The van der Waals surface area contributed by atoms with Gasteiger partial charge in [0, 0.05) is 55.6 Å². The Bertz CT molecular complexity index is 1670. The number of anilines is 1. The Morgan fingerprint density at radius 2 is 1.48 bits per heavy atom. The molecule has 6 heteroatoms. The van der Waals surface area contributed by atoms with Gasteiger partial charge in [0.05, 0.1) is 31.7 Å². The van der Waals surface area contributed by atoms with E-state index < -0.39 is 0 Å². The second kappa shape index (κ2) is 13.0. The minimum Gasteiger partial charge on any atom is -0.378 e. The van der Waals surface area contributed by atoms with Crippen LogP contribution < -0.4 is 10.2 Å². The van der Waals surface area contributed by atoms with Gasteiger partial charge in [-0.15, -0.1) is 0 Å². The molecule has 0 unspecified atom stereocenters. The van der Waals surface area contributed by atoms with E-state index in [1.54, 1.807) is 0 Å². The van der Waals surface area contributed by atoms with Crippen LogP contribution in [-0.2, 0) is 11.3 Å². The number of nitrogens with zero attached hydrogens (tertiary/aromatic N) is 4. The van der Waals surface area contributed by atoms with Crippen LogP contribution in [0.15, 0.2) is 72.8 Å². The van der Waals surface area contributed by atoms with E-state index in [0.717, 1.165) is 49.4 Å². The lowest BCUT2D eigenvalue weighted by molar-refractivity contribution is -0.882. The molecule has 0 atom stereocenters. The highest BCUT2D eigenvalue weighted by Crippen LogP contribution is 2.37. The number of quaternary nitrogens is 1. The van der Waals surface area contributed by atoms with Crippen molar-refractivity contribution in [2.24, 2.45) is 0 Å². The molecule has 6 nitrogen and oxygen atoms in total. The molecule has 0 fully saturated rings. The first-order valence-electron chi connectivity index (χ1n) is 15.4. The first kappa shape index (κ1) is 29.6. The molecule has 0 aliphatic heterocycles. The highest BCUT2D eigenvalue weighted by molar-refractivity contribution is 6.23. The zero-order valence-electron chi connectivity index (χ0n) is 26.0. The summed E-state index contributed by atoms with van der Waals surface area (Å²) in [5.41, 5.74) is 4.51. The number of rotatable bonds is 13. The average Bonchev–Trinajstić information content (AvgIpc) is 3.36. The lowest BCUT2D eigenvalue weighted by atomic mass is 10.00. The molecule has 5 aromatic rings. The fourth-order valence-corrected chi connectivity index (χ4v) is 6.07. The monoisotopic (exact) mass is 564 g/mol. The van der Waals surface area contributed by atoms with Gasteiger partial charge in [-0.05, 0) is 41.5 Å². The van der Waals surface area contributed by atoms with Gasteiger partial charge in [-0.1, -0.05) is 74.7 Å². The molecule has 0 saturated carbocycles. The Hall–Kier alpha value is -3.90. The summed E-state index contributed by atoms with van der Waals surface area (Å²) in [5, 5.41) is 8.03. The number of aromatic nitrogens is 2. The summed E-state index contributed by atoms with van der Waals surface area (Å²) in [7, 11) is 8.45. The Balaban J connectivity index is 1.47. The third kappa shape index (κ3) is 6.44. The van der Waals surface area contributed by atoms with E-state index in [9.17, 15) is 4.79 Å². The molecule has 1 N–H and O–H groups in total. The average molecular weight is 565 g/mol. The number of hydrogen-bond acceptors (Lipinski definition) is 3. The zero-order chi connectivity index (χ0) is 29.7. The lowest BCUT2D eigenvalue weighted by Crippen LogP contribution is -2.48. The van der Waals surface area contributed by atoms with Crippen molar-refractivity contribution < 1.29 is 9.28 Å². The van der Waals surface area contributed by atoms with E-state index in [1.807, 2.05) is 0 Å². The van der Waals surface area contributed by atoms with Gasteiger partial charge < -0.3 is 19.3 Å². The summed E-state index contributed by atoms with van der Waals surface area (Å²) in [6.45, 7) is 5.19. The Morgan fingerprint density at radius 1 is 0.833 bits per heavy atom. The van der Waals surface area contributed by atoms with Crippen LogP contribution in [0.25, 0.3) is 44.0 Å². The van der Waals surface area contributed by atoms with Crippen molar-refractivity contribution in [1.82, 2.24) is 14.9 Å². The van der Waals surface area contributed by atoms with Gasteiger partial charge in [-0.3, -0.25) is 4.79 Å². The molecule has 0 saturated heterocycles. The normalized spacial score (nSPS) is 11.9. The molecule has 5 rings (SSSR count). The van der Waals surface area contributed by atoms with Crippen molar-refractivity contribution in [2.75, 3.05) is 52.7 Å². The van der Waals surface area contributed by atoms with E-state index in [0.29, 0.717) is 11.0 Å². The molecular weight excluding hydrogens is 518 g/mol. The van der Waals surface area contributed by atoms with Crippen LogP contribution in [0.1, 0.15) is 39.0 Å². The smallest absolute Gasteiger partial charge is 0.275 e. The fraction of sp³-hybridized carbons (Fsp3) is 0.389. The number of imidazole rings is 1. The van der Waals surface area contributed by atoms with E-state index in [1.165, 1.54) is 52.0 Å². The van der Waals surface area contributed by atoms with E-state index >= 15 is 0 Å². The summed E-state index contributed by atoms with van der Waals surface area (Å²) in [6.07, 6.45) is 5.61. The van der Waals surface area contributed by atoms with Crippen molar-refractivity contribution in [2.45, 2.75) is 45.6 Å². The van der Waals surface area contributed by atoms with Gasteiger partial charge >= 0.3 is 0 Å². The number of fused-ring (bicyclic) bond motifs is 6. The largest absolute Gasteiger partial charge is 0.378 e. The quantitative estimate of drug-likeness (QED) is 0.0932. The van der Waals surface area contributed by atoms with Crippen molar-refractivity contribution in [1.29, 1.82) is 0 Å². The lowest BCUT2D eigenvalue weighted by Gasteiger charge is -2.29. The predicted octanol–water partition coefficient (Wildman–Crippen LogP) is 7.24. The Kier molecular flexibility index (Phi) is 9.12. The number of benzene rings is 4. The number of nitrogens with one attached hydrogen (secondary N) is 1. The van der Waals surface area contributed by atoms with Crippen molar-refractivity contribution in [3.05, 3.63) is 72.8 Å². The Morgan fingerprint density at radius 3 is 2.14 bits per heavy atom. The number of carbonyl (C=O) groups excluding carboxylic acids is 1. The first-order chi connectivity index (χ1) is 20.3. The van der Waals surface area contributed by atoms with Crippen LogP contribution in [0, 0.1) is 0 Å². The summed E-state index contributed by atoms with van der Waals surface area (Å²) in [6, 6.07) is 26.0. The van der Waals surface area contributed by atoms with Crippen LogP contribution in [0.4, 0.5) is 5.69 Å². The highest BCUT2D eigenvalue weighted by Gasteiger charge is 2.22. The molecule has 1 amide bonds. The van der Waals surface area contributed by atoms with Gasteiger partial charge in [0.1, 0.15) is 5.82 Å². The zero-order valence-corrected chi connectivity index (χ0v) is 26.0. The second-order valence-electron chi connectivity index (χ2n) is 12.4. The number of likely N-dealkylation sites (N-methyl/N-ethyl adjacent to an activating group) is 1.